The molecule has 1 aliphatic rings. The van der Waals surface area contributed by atoms with E-state index in [1.165, 1.54) is 180 Å². The van der Waals surface area contributed by atoms with E-state index in [1.54, 1.807) is 6.08 Å². The van der Waals surface area contributed by atoms with Crippen molar-refractivity contribution in [2.45, 2.75) is 372 Å². The first-order valence-corrected chi connectivity index (χ1v) is 37.0. The monoisotopic (exact) mass is 1250 g/mol. The summed E-state index contributed by atoms with van der Waals surface area (Å²) in [5.41, 5.74) is 0. The van der Waals surface area contributed by atoms with Crippen molar-refractivity contribution in [3.05, 3.63) is 97.2 Å². The Morgan fingerprint density at radius 1 is 0.438 bits per heavy atom. The molecule has 514 valence electrons. The van der Waals surface area contributed by atoms with Gasteiger partial charge in [-0.25, -0.2) is 0 Å². The number of allylic oxidation sites excluding steroid dienone is 15. The van der Waals surface area contributed by atoms with Gasteiger partial charge in [-0.15, -0.1) is 0 Å². The summed E-state index contributed by atoms with van der Waals surface area (Å²) in [7, 11) is 0. The van der Waals surface area contributed by atoms with Crippen molar-refractivity contribution in [3.8, 4) is 0 Å². The molecule has 0 saturated carbocycles. The Labute approximate surface area is 546 Å². The van der Waals surface area contributed by atoms with Crippen LogP contribution in [-0.2, 0) is 23.8 Å². The minimum atomic E-state index is -1.62. The topological polar surface area (TPSA) is 175 Å². The molecule has 89 heavy (non-hydrogen) atoms. The van der Waals surface area contributed by atoms with E-state index in [4.69, 9.17) is 14.2 Å². The van der Waals surface area contributed by atoms with Gasteiger partial charge in [0.1, 0.15) is 24.4 Å². The number of rotatable bonds is 63. The lowest BCUT2D eigenvalue weighted by atomic mass is 9.99. The molecule has 6 N–H and O–H groups in total. The normalized spacial score (nSPS) is 18.7. The molecule has 1 fully saturated rings. The SMILES string of the molecule is CCCCC/C=C\C/C=C\C/C=C\C/C=C\CCCCCCC(O)C(=O)NC(COC1OC(CO)C(O)C(O)C1OC(=O)CCCCCCCCCCCCCCCC/C=C\C/C=C\C/C=C\CCCCC)C(O)/C=C/CCCCCCCCCCCCC. The van der Waals surface area contributed by atoms with E-state index in [9.17, 15) is 35.1 Å². The van der Waals surface area contributed by atoms with Crippen molar-refractivity contribution >= 4 is 11.9 Å². The van der Waals surface area contributed by atoms with Crippen LogP contribution in [0.4, 0.5) is 0 Å². The molecule has 0 radical (unpaired) electrons. The van der Waals surface area contributed by atoms with Gasteiger partial charge < -0.3 is 45.1 Å². The van der Waals surface area contributed by atoms with Crippen LogP contribution in [0, 0.1) is 0 Å². The van der Waals surface area contributed by atoms with Crippen molar-refractivity contribution < 1.29 is 49.3 Å². The molecule has 11 heteroatoms. The third kappa shape index (κ3) is 51.7. The maximum atomic E-state index is 13.5. The highest BCUT2D eigenvalue weighted by molar-refractivity contribution is 5.80. The van der Waals surface area contributed by atoms with Crippen LogP contribution in [0.25, 0.3) is 0 Å². The van der Waals surface area contributed by atoms with E-state index in [1.807, 2.05) is 6.08 Å². The molecule has 1 aliphatic heterocycles. The number of amides is 1. The summed E-state index contributed by atoms with van der Waals surface area (Å²) in [4.78, 5) is 26.7. The summed E-state index contributed by atoms with van der Waals surface area (Å²) in [6.07, 6.45) is 77.3. The maximum absolute atomic E-state index is 13.5. The molecule has 0 aromatic carbocycles. The fourth-order valence-electron chi connectivity index (χ4n) is 11.1. The summed E-state index contributed by atoms with van der Waals surface area (Å²) in [5.74, 6) is -1.21. The molecular formula is C78H137NO10. The molecule has 1 saturated heterocycles. The van der Waals surface area contributed by atoms with Gasteiger partial charge in [-0.1, -0.05) is 304 Å². The second-order valence-corrected chi connectivity index (χ2v) is 25.3. The van der Waals surface area contributed by atoms with Crippen LogP contribution in [0.15, 0.2) is 97.2 Å². The highest BCUT2D eigenvalue weighted by Gasteiger charge is 2.47. The third-order valence-corrected chi connectivity index (χ3v) is 17.0. The zero-order chi connectivity index (χ0) is 64.6. The number of hydrogen-bond donors (Lipinski definition) is 6. The number of aliphatic hydroxyl groups excluding tert-OH is 5. The zero-order valence-corrected chi connectivity index (χ0v) is 57.3. The fourth-order valence-corrected chi connectivity index (χ4v) is 11.1. The van der Waals surface area contributed by atoms with Crippen LogP contribution in [-0.4, -0.2) is 99.6 Å². The van der Waals surface area contributed by atoms with E-state index in [2.05, 4.69) is 111 Å². The molecule has 0 bridgehead atoms. The standard InChI is InChI=1S/C78H137NO10/c1-4-7-10-13-16-19-22-25-27-29-31-33-34-35-36-37-38-39-41-43-45-48-51-54-57-60-63-66-73(83)89-76-75(85)74(84)72(67-80)88-78(76)87-68-69(70(81)64-61-58-55-52-49-46-24-21-18-15-12-9-6-3)79-77(86)71(82)65-62-59-56-53-50-47-44-42-40-32-30-28-26-23-20-17-14-11-8-5-2/h16-17,19-20,25-28,31-33,40,44,47,61,64,69-72,74-76,78,80-82,84-85H,4-15,18,21-24,29-30,34-39,41-43,45-46,48-60,62-63,65-68H2,1-3H3,(H,79,86)/b19-16-,20-17-,27-25-,28-26-,33-31-,40-32-,47-44-,64-61+. The highest BCUT2D eigenvalue weighted by Crippen LogP contribution is 2.26. The number of carbonyl (C=O) groups is 2. The number of carbonyl (C=O) groups excluding carboxylic acids is 2. The molecule has 11 nitrogen and oxygen atoms in total. The Morgan fingerprint density at radius 3 is 1.18 bits per heavy atom. The van der Waals surface area contributed by atoms with Gasteiger partial charge in [-0.05, 0) is 109 Å². The first-order chi connectivity index (χ1) is 43.7. The lowest BCUT2D eigenvalue weighted by Crippen LogP contribution is -2.61. The van der Waals surface area contributed by atoms with E-state index in [0.29, 0.717) is 12.8 Å². The van der Waals surface area contributed by atoms with Gasteiger partial charge in [0, 0.05) is 6.42 Å². The largest absolute Gasteiger partial charge is 0.454 e. The summed E-state index contributed by atoms with van der Waals surface area (Å²) >= 11 is 0. The van der Waals surface area contributed by atoms with Crippen LogP contribution < -0.4 is 5.32 Å². The first kappa shape index (κ1) is 83.6. The number of aliphatic hydroxyl groups is 5. The lowest BCUT2D eigenvalue weighted by molar-refractivity contribution is -0.305. The van der Waals surface area contributed by atoms with Gasteiger partial charge in [0.05, 0.1) is 25.4 Å². The molecule has 1 amide bonds. The molecular weight excluding hydrogens is 1110 g/mol. The van der Waals surface area contributed by atoms with Gasteiger partial charge in [0.25, 0.3) is 0 Å². The highest BCUT2D eigenvalue weighted by atomic mass is 16.7. The van der Waals surface area contributed by atoms with Crippen molar-refractivity contribution in [1.29, 1.82) is 0 Å². The van der Waals surface area contributed by atoms with Crippen LogP contribution in [0.5, 0.6) is 0 Å². The van der Waals surface area contributed by atoms with Crippen LogP contribution >= 0.6 is 0 Å². The van der Waals surface area contributed by atoms with Crippen molar-refractivity contribution in [2.24, 2.45) is 0 Å². The predicted molar refractivity (Wildman–Crippen MR) is 375 cm³/mol. The Morgan fingerprint density at radius 2 is 0.775 bits per heavy atom. The van der Waals surface area contributed by atoms with Gasteiger partial charge in [0.15, 0.2) is 12.4 Å². The van der Waals surface area contributed by atoms with Crippen molar-refractivity contribution in [2.75, 3.05) is 13.2 Å². The third-order valence-electron chi connectivity index (χ3n) is 17.0. The number of nitrogens with one attached hydrogen (secondary N) is 1. The fraction of sp³-hybridized carbons (Fsp3) is 0.769. The minimum absolute atomic E-state index is 0.117. The Balaban J connectivity index is 2.57. The number of unbranched alkanes of at least 4 members (excludes halogenated alkanes) is 35. The van der Waals surface area contributed by atoms with Crippen molar-refractivity contribution in [1.82, 2.24) is 5.32 Å². The maximum Gasteiger partial charge on any atom is 0.306 e. The van der Waals surface area contributed by atoms with Gasteiger partial charge in [0.2, 0.25) is 5.91 Å². The second kappa shape index (κ2) is 64.7. The van der Waals surface area contributed by atoms with Crippen molar-refractivity contribution in [3.63, 3.8) is 0 Å². The van der Waals surface area contributed by atoms with E-state index >= 15 is 0 Å². The molecule has 8 atom stereocenters. The minimum Gasteiger partial charge on any atom is -0.454 e. The predicted octanol–water partition coefficient (Wildman–Crippen LogP) is 19.4. The summed E-state index contributed by atoms with van der Waals surface area (Å²) < 4.78 is 17.7. The first-order valence-electron chi connectivity index (χ1n) is 37.0. The van der Waals surface area contributed by atoms with E-state index in [0.717, 1.165) is 96.3 Å². The van der Waals surface area contributed by atoms with Crippen LogP contribution in [0.2, 0.25) is 0 Å². The molecule has 0 spiro atoms. The summed E-state index contributed by atoms with van der Waals surface area (Å²) in [6, 6.07) is -1.04. The summed E-state index contributed by atoms with van der Waals surface area (Å²) in [5, 5.41) is 57.3. The van der Waals surface area contributed by atoms with E-state index < -0.39 is 67.4 Å². The number of hydrogen-bond acceptors (Lipinski definition) is 10. The average molecular weight is 1250 g/mol. The lowest BCUT2D eigenvalue weighted by Gasteiger charge is -2.41. The number of ether oxygens (including phenoxy) is 3. The molecule has 8 unspecified atom stereocenters. The number of esters is 1. The molecule has 0 aromatic heterocycles. The molecule has 1 heterocycles. The van der Waals surface area contributed by atoms with Gasteiger partial charge in [-0.3, -0.25) is 9.59 Å². The van der Waals surface area contributed by atoms with Gasteiger partial charge in [-0.2, -0.15) is 0 Å². The van der Waals surface area contributed by atoms with E-state index in [-0.39, 0.29) is 19.4 Å². The Hall–Kier alpha value is -3.42. The zero-order valence-electron chi connectivity index (χ0n) is 57.3. The Bertz CT molecular complexity index is 1820. The van der Waals surface area contributed by atoms with Crippen LogP contribution in [0.1, 0.15) is 323 Å². The summed E-state index contributed by atoms with van der Waals surface area (Å²) in [6.45, 7) is 5.76. The second-order valence-electron chi connectivity index (χ2n) is 25.3. The molecule has 0 aromatic rings. The van der Waals surface area contributed by atoms with Crippen LogP contribution in [0.3, 0.4) is 0 Å². The average Bonchev–Trinajstić information content (AvgIpc) is 3.14. The molecule has 1 rings (SSSR count). The Kier molecular flexibility index (Phi) is 60.7. The quantitative estimate of drug-likeness (QED) is 0.0195. The molecule has 0 aliphatic carbocycles. The van der Waals surface area contributed by atoms with Gasteiger partial charge >= 0.3 is 5.97 Å². The smallest absolute Gasteiger partial charge is 0.306 e.